The number of thiocarbonyl (C=S) groups is 1. The van der Waals surface area contributed by atoms with Crippen molar-refractivity contribution in [2.45, 2.75) is 38.1 Å². The third-order valence-corrected chi connectivity index (χ3v) is 2.89. The van der Waals surface area contributed by atoms with Crippen LogP contribution in [0.4, 0.5) is 0 Å². The van der Waals surface area contributed by atoms with E-state index in [0.717, 1.165) is 0 Å². The lowest BCUT2D eigenvalue weighted by atomic mass is 9.96. The van der Waals surface area contributed by atoms with Crippen molar-refractivity contribution >= 4 is 17.3 Å². The van der Waals surface area contributed by atoms with Crippen molar-refractivity contribution in [1.29, 1.82) is 0 Å². The number of aliphatic hydroxyl groups excluding tert-OH is 1. The van der Waals surface area contributed by atoms with Gasteiger partial charge in [-0.15, -0.1) is 0 Å². The molecule has 0 bridgehead atoms. The molecule has 0 aliphatic heterocycles. The highest BCUT2D eigenvalue weighted by Crippen LogP contribution is 2.17. The molecule has 1 aliphatic rings. The first-order valence-electron chi connectivity index (χ1n) is 5.17. The zero-order valence-electron chi connectivity index (χ0n) is 8.41. The maximum absolute atomic E-state index is 8.68. The molecule has 4 nitrogen and oxygen atoms in total. The third kappa shape index (κ3) is 3.77. The summed E-state index contributed by atoms with van der Waals surface area (Å²) < 4.78 is 0. The van der Waals surface area contributed by atoms with Crippen molar-refractivity contribution in [1.82, 2.24) is 10.3 Å². The molecule has 1 saturated carbocycles. The van der Waals surface area contributed by atoms with Gasteiger partial charge in [0.05, 0.1) is 13.2 Å². The van der Waals surface area contributed by atoms with Gasteiger partial charge in [-0.3, -0.25) is 5.01 Å². The van der Waals surface area contributed by atoms with Crippen molar-refractivity contribution in [3.8, 4) is 0 Å². The summed E-state index contributed by atoms with van der Waals surface area (Å²) in [5, 5.41) is 13.8. The molecule has 4 N–H and O–H groups in total. The number of nitrogens with zero attached hydrogens (tertiary/aromatic N) is 1. The first-order valence-corrected chi connectivity index (χ1v) is 5.58. The minimum absolute atomic E-state index is 0.0307. The van der Waals surface area contributed by atoms with E-state index >= 15 is 0 Å². The van der Waals surface area contributed by atoms with Gasteiger partial charge in [0, 0.05) is 6.04 Å². The number of hydrogen-bond donors (Lipinski definition) is 3. The smallest absolute Gasteiger partial charge is 0.183 e. The normalized spacial score (nSPS) is 17.9. The summed E-state index contributed by atoms with van der Waals surface area (Å²) in [5.74, 6) is 5.61. The van der Waals surface area contributed by atoms with Crippen LogP contribution in [0.1, 0.15) is 32.1 Å². The molecule has 0 aromatic rings. The lowest BCUT2D eigenvalue weighted by molar-refractivity contribution is 0.248. The predicted octanol–water partition coefficient (Wildman–Crippen LogP) is 0.362. The van der Waals surface area contributed by atoms with Crippen LogP contribution in [-0.4, -0.2) is 34.4 Å². The molecule has 0 atom stereocenters. The number of nitrogens with two attached hydrogens (primary N) is 1. The Labute approximate surface area is 90.4 Å². The van der Waals surface area contributed by atoms with E-state index in [1.54, 1.807) is 0 Å². The molecule has 82 valence electrons. The van der Waals surface area contributed by atoms with Gasteiger partial charge in [-0.1, -0.05) is 19.3 Å². The Bertz CT molecular complexity index is 183. The van der Waals surface area contributed by atoms with Crippen LogP contribution in [0.15, 0.2) is 0 Å². The lowest BCUT2D eigenvalue weighted by Gasteiger charge is -2.27. The summed E-state index contributed by atoms with van der Waals surface area (Å²) >= 11 is 5.10. The highest BCUT2D eigenvalue weighted by Gasteiger charge is 2.15. The summed E-state index contributed by atoms with van der Waals surface area (Å²) in [6.07, 6.45) is 6.21. The Balaban J connectivity index is 2.24. The van der Waals surface area contributed by atoms with Crippen molar-refractivity contribution in [2.75, 3.05) is 13.2 Å². The van der Waals surface area contributed by atoms with Crippen LogP contribution in [0, 0.1) is 0 Å². The fraction of sp³-hybridized carbons (Fsp3) is 0.889. The number of aliphatic hydroxyl groups is 1. The van der Waals surface area contributed by atoms with Crippen LogP contribution in [0.2, 0.25) is 0 Å². The summed E-state index contributed by atoms with van der Waals surface area (Å²) in [6.45, 7) is 0.418. The van der Waals surface area contributed by atoms with E-state index in [9.17, 15) is 0 Å². The molecule has 0 aromatic heterocycles. The molecule has 0 spiro atoms. The van der Waals surface area contributed by atoms with E-state index in [1.807, 2.05) is 0 Å². The summed E-state index contributed by atoms with van der Waals surface area (Å²) in [6, 6.07) is 0.473. The SMILES string of the molecule is NN(CCO)C(=S)NC1CCCCC1. The number of nitrogens with one attached hydrogen (secondary N) is 1. The highest BCUT2D eigenvalue weighted by atomic mass is 32.1. The predicted molar refractivity (Wildman–Crippen MR) is 60.6 cm³/mol. The van der Waals surface area contributed by atoms with E-state index in [1.165, 1.54) is 37.1 Å². The first kappa shape index (κ1) is 11.7. The molecular formula is C9H19N3OS. The second-order valence-corrected chi connectivity index (χ2v) is 4.09. The zero-order valence-corrected chi connectivity index (χ0v) is 9.22. The maximum atomic E-state index is 8.68. The molecule has 0 saturated heterocycles. The third-order valence-electron chi connectivity index (χ3n) is 2.53. The van der Waals surface area contributed by atoms with Crippen molar-refractivity contribution < 1.29 is 5.11 Å². The molecule has 1 aliphatic carbocycles. The maximum Gasteiger partial charge on any atom is 0.183 e. The van der Waals surface area contributed by atoms with Crippen LogP contribution in [0.5, 0.6) is 0 Å². The van der Waals surface area contributed by atoms with Crippen molar-refractivity contribution in [3.63, 3.8) is 0 Å². The lowest BCUT2D eigenvalue weighted by Crippen LogP contribution is -2.49. The largest absolute Gasteiger partial charge is 0.394 e. The van der Waals surface area contributed by atoms with Crippen LogP contribution < -0.4 is 11.2 Å². The molecule has 14 heavy (non-hydrogen) atoms. The topological polar surface area (TPSA) is 61.5 Å². The highest BCUT2D eigenvalue weighted by molar-refractivity contribution is 7.80. The number of rotatable bonds is 3. The van der Waals surface area contributed by atoms with E-state index in [4.69, 9.17) is 23.2 Å². The standard InChI is InChI=1S/C9H19N3OS/c10-12(6-7-13)9(14)11-8-4-2-1-3-5-8/h8,13H,1-7,10H2,(H,11,14). The molecule has 1 fully saturated rings. The molecule has 1 rings (SSSR count). The average molecular weight is 217 g/mol. The number of hydrazine groups is 1. The minimum atomic E-state index is 0.0307. The molecule has 0 aromatic carbocycles. The fourth-order valence-electron chi connectivity index (χ4n) is 1.71. The van der Waals surface area contributed by atoms with Crippen LogP contribution in [-0.2, 0) is 0 Å². The van der Waals surface area contributed by atoms with Gasteiger partial charge in [-0.25, -0.2) is 5.84 Å². The van der Waals surface area contributed by atoms with Gasteiger partial charge in [0.1, 0.15) is 0 Å². The Morgan fingerprint density at radius 2 is 2.07 bits per heavy atom. The van der Waals surface area contributed by atoms with Gasteiger partial charge in [-0.05, 0) is 25.1 Å². The monoisotopic (exact) mass is 217 g/mol. The average Bonchev–Trinajstić information content (AvgIpc) is 2.19. The Morgan fingerprint density at radius 1 is 1.43 bits per heavy atom. The molecular weight excluding hydrogens is 198 g/mol. The van der Waals surface area contributed by atoms with E-state index < -0.39 is 0 Å². The molecule has 0 heterocycles. The van der Waals surface area contributed by atoms with E-state index in [2.05, 4.69) is 5.32 Å². The first-order chi connectivity index (χ1) is 6.74. The summed E-state index contributed by atoms with van der Waals surface area (Å²) in [5.41, 5.74) is 0. The zero-order chi connectivity index (χ0) is 10.4. The van der Waals surface area contributed by atoms with Gasteiger partial charge in [0.15, 0.2) is 5.11 Å². The minimum Gasteiger partial charge on any atom is -0.394 e. The van der Waals surface area contributed by atoms with Gasteiger partial charge in [0.25, 0.3) is 0 Å². The molecule has 0 unspecified atom stereocenters. The summed E-state index contributed by atoms with van der Waals surface area (Å²) in [4.78, 5) is 0. The van der Waals surface area contributed by atoms with Crippen LogP contribution in [0.3, 0.4) is 0 Å². The van der Waals surface area contributed by atoms with E-state index in [-0.39, 0.29) is 6.61 Å². The Morgan fingerprint density at radius 3 is 2.64 bits per heavy atom. The van der Waals surface area contributed by atoms with Gasteiger partial charge >= 0.3 is 0 Å². The van der Waals surface area contributed by atoms with Crippen molar-refractivity contribution in [3.05, 3.63) is 0 Å². The van der Waals surface area contributed by atoms with Gasteiger partial charge in [0.2, 0.25) is 0 Å². The number of hydrogen-bond acceptors (Lipinski definition) is 3. The van der Waals surface area contributed by atoms with E-state index in [0.29, 0.717) is 17.7 Å². The summed E-state index contributed by atoms with van der Waals surface area (Å²) in [7, 11) is 0. The second-order valence-electron chi connectivity index (χ2n) is 3.70. The molecule has 5 heteroatoms. The molecule has 0 radical (unpaired) electrons. The van der Waals surface area contributed by atoms with Crippen LogP contribution >= 0.6 is 12.2 Å². The molecule has 0 amide bonds. The van der Waals surface area contributed by atoms with Crippen LogP contribution in [0.25, 0.3) is 0 Å². The quantitative estimate of drug-likeness (QED) is 0.362. The Hall–Kier alpha value is -0.390. The van der Waals surface area contributed by atoms with Crippen molar-refractivity contribution in [2.24, 2.45) is 5.84 Å². The van der Waals surface area contributed by atoms with Gasteiger partial charge < -0.3 is 10.4 Å². The van der Waals surface area contributed by atoms with Gasteiger partial charge in [-0.2, -0.15) is 0 Å². The Kier molecular flexibility index (Phi) is 5.14. The fourth-order valence-corrected chi connectivity index (χ4v) is 1.97. The second kappa shape index (κ2) is 6.16.